The van der Waals surface area contributed by atoms with Gasteiger partial charge in [0.1, 0.15) is 11.6 Å². The Morgan fingerprint density at radius 1 is 1.29 bits per heavy atom. The molecule has 0 saturated heterocycles. The molecule has 0 saturated carbocycles. The van der Waals surface area contributed by atoms with Crippen molar-refractivity contribution in [3.05, 3.63) is 39.5 Å². The number of aryl methyl sites for hydroxylation is 1. The molecule has 0 aliphatic carbocycles. The van der Waals surface area contributed by atoms with E-state index in [0.717, 1.165) is 0 Å². The van der Waals surface area contributed by atoms with Crippen LogP contribution in [0.25, 0.3) is 0 Å². The van der Waals surface area contributed by atoms with Crippen molar-refractivity contribution < 1.29 is 13.9 Å². The number of amides is 1. The average molecular weight is 372 g/mol. The number of hydrogen-bond donors (Lipinski definition) is 1. The zero-order chi connectivity index (χ0) is 17.9. The van der Waals surface area contributed by atoms with Crippen LogP contribution in [-0.2, 0) is 0 Å². The Balaban J connectivity index is 2.33. The number of ether oxygens (including phenoxy) is 1. The van der Waals surface area contributed by atoms with Crippen LogP contribution >= 0.6 is 23.2 Å². The van der Waals surface area contributed by atoms with Crippen molar-refractivity contribution in [1.29, 1.82) is 0 Å². The molecule has 1 N–H and O–H groups in total. The average Bonchev–Trinajstić information content (AvgIpc) is 2.94. The molecule has 2 rings (SSSR count). The lowest BCUT2D eigenvalue weighted by atomic mass is 10.0. The molecule has 2 aromatic rings. The summed E-state index contributed by atoms with van der Waals surface area (Å²) in [6, 6.07) is 2.70. The first-order valence-electron chi connectivity index (χ1n) is 7.46. The van der Waals surface area contributed by atoms with Crippen LogP contribution in [0, 0.1) is 12.8 Å². The summed E-state index contributed by atoms with van der Waals surface area (Å²) >= 11 is 12.2. The van der Waals surface area contributed by atoms with Crippen molar-refractivity contribution in [2.45, 2.75) is 33.2 Å². The van der Waals surface area contributed by atoms with Crippen LogP contribution in [-0.4, -0.2) is 23.2 Å². The third-order valence-corrected chi connectivity index (χ3v) is 3.95. The van der Waals surface area contributed by atoms with E-state index < -0.39 is 11.9 Å². The zero-order valence-corrected chi connectivity index (χ0v) is 15.4. The summed E-state index contributed by atoms with van der Waals surface area (Å²) < 4.78 is 10.7. The molecule has 1 atom stereocenters. The Hall–Kier alpha value is -1.79. The molecule has 1 heterocycles. The number of rotatable bonds is 6. The fourth-order valence-electron chi connectivity index (χ4n) is 2.32. The number of hydrogen-bond acceptors (Lipinski definition) is 5. The van der Waals surface area contributed by atoms with Crippen LogP contribution in [0.15, 0.2) is 16.5 Å². The maximum atomic E-state index is 12.7. The van der Waals surface area contributed by atoms with Gasteiger partial charge in [0.05, 0.1) is 17.2 Å². The van der Waals surface area contributed by atoms with Gasteiger partial charge >= 0.3 is 0 Å². The molecule has 6 nitrogen and oxygen atoms in total. The SMILES string of the molecule is COc1c(Cl)ccc(Cl)c1C(=O)NC(CC(C)C)c1nnc(C)o1. The molecule has 0 aliphatic heterocycles. The van der Waals surface area contributed by atoms with Crippen molar-refractivity contribution in [3.63, 3.8) is 0 Å². The van der Waals surface area contributed by atoms with E-state index in [2.05, 4.69) is 15.5 Å². The minimum atomic E-state index is -0.432. The summed E-state index contributed by atoms with van der Waals surface area (Å²) in [6.07, 6.45) is 0.633. The number of halogens is 2. The van der Waals surface area contributed by atoms with Crippen LogP contribution in [0.2, 0.25) is 10.0 Å². The van der Waals surface area contributed by atoms with Crippen molar-refractivity contribution in [3.8, 4) is 5.75 Å². The number of carbonyl (C=O) groups is 1. The molecule has 1 unspecified atom stereocenters. The topological polar surface area (TPSA) is 77.2 Å². The van der Waals surface area contributed by atoms with Gasteiger partial charge in [-0.2, -0.15) is 0 Å². The largest absolute Gasteiger partial charge is 0.494 e. The van der Waals surface area contributed by atoms with Gasteiger partial charge in [-0.3, -0.25) is 4.79 Å². The van der Waals surface area contributed by atoms with Crippen LogP contribution in [0.3, 0.4) is 0 Å². The molecular weight excluding hydrogens is 353 g/mol. The van der Waals surface area contributed by atoms with Crippen LogP contribution in [0.5, 0.6) is 5.75 Å². The Bertz CT molecular complexity index is 731. The number of nitrogens with one attached hydrogen (secondary N) is 1. The summed E-state index contributed by atoms with van der Waals surface area (Å²) in [5, 5.41) is 11.3. The first kappa shape index (κ1) is 18.5. The zero-order valence-electron chi connectivity index (χ0n) is 13.9. The monoisotopic (exact) mass is 371 g/mol. The van der Waals surface area contributed by atoms with Gasteiger partial charge in [-0.1, -0.05) is 37.0 Å². The maximum absolute atomic E-state index is 12.7. The second kappa shape index (κ2) is 7.85. The summed E-state index contributed by atoms with van der Waals surface area (Å²) in [6.45, 7) is 5.77. The Morgan fingerprint density at radius 3 is 2.50 bits per heavy atom. The molecule has 0 spiro atoms. The highest BCUT2D eigenvalue weighted by molar-refractivity contribution is 6.37. The Kier molecular flexibility index (Phi) is 6.07. The second-order valence-electron chi connectivity index (χ2n) is 5.75. The molecule has 1 aromatic heterocycles. The molecule has 1 aromatic carbocycles. The van der Waals surface area contributed by atoms with Gasteiger partial charge in [0.2, 0.25) is 11.8 Å². The van der Waals surface area contributed by atoms with E-state index in [1.807, 2.05) is 13.8 Å². The minimum absolute atomic E-state index is 0.177. The fraction of sp³-hybridized carbons (Fsp3) is 0.438. The molecule has 0 bridgehead atoms. The van der Waals surface area contributed by atoms with Crippen molar-refractivity contribution in [2.24, 2.45) is 5.92 Å². The smallest absolute Gasteiger partial charge is 0.257 e. The molecule has 0 aliphatic rings. The van der Waals surface area contributed by atoms with E-state index in [4.69, 9.17) is 32.4 Å². The Morgan fingerprint density at radius 2 is 1.96 bits per heavy atom. The van der Waals surface area contributed by atoms with Gasteiger partial charge in [-0.15, -0.1) is 10.2 Å². The van der Waals surface area contributed by atoms with Gasteiger partial charge in [-0.25, -0.2) is 0 Å². The molecule has 0 radical (unpaired) electrons. The highest BCUT2D eigenvalue weighted by atomic mass is 35.5. The summed E-state index contributed by atoms with van der Waals surface area (Å²) in [4.78, 5) is 12.7. The van der Waals surface area contributed by atoms with Crippen LogP contribution in [0.1, 0.15) is 48.4 Å². The lowest BCUT2D eigenvalue weighted by Gasteiger charge is -2.19. The van der Waals surface area contributed by atoms with E-state index in [1.165, 1.54) is 7.11 Å². The van der Waals surface area contributed by atoms with Gasteiger partial charge in [0.25, 0.3) is 5.91 Å². The van der Waals surface area contributed by atoms with Gasteiger partial charge in [0.15, 0.2) is 5.75 Å². The summed E-state index contributed by atoms with van der Waals surface area (Å²) in [7, 11) is 1.43. The number of nitrogens with zero attached hydrogens (tertiary/aromatic N) is 2. The van der Waals surface area contributed by atoms with E-state index in [1.54, 1.807) is 19.1 Å². The number of methoxy groups -OCH3 is 1. The van der Waals surface area contributed by atoms with E-state index in [0.29, 0.717) is 29.1 Å². The van der Waals surface area contributed by atoms with Gasteiger partial charge in [0, 0.05) is 6.92 Å². The predicted octanol–water partition coefficient (Wildman–Crippen LogP) is 4.21. The lowest BCUT2D eigenvalue weighted by Crippen LogP contribution is -2.30. The highest BCUT2D eigenvalue weighted by Crippen LogP contribution is 2.34. The highest BCUT2D eigenvalue weighted by Gasteiger charge is 2.26. The standard InChI is InChI=1S/C16H19Cl2N3O3/c1-8(2)7-12(16-21-20-9(3)24-16)19-15(22)13-10(17)5-6-11(18)14(13)23-4/h5-6,8,12H,7H2,1-4H3,(H,19,22). The van der Waals surface area contributed by atoms with Crippen LogP contribution < -0.4 is 10.1 Å². The minimum Gasteiger partial charge on any atom is -0.494 e. The maximum Gasteiger partial charge on any atom is 0.257 e. The molecule has 8 heteroatoms. The normalized spacial score (nSPS) is 12.3. The predicted molar refractivity (Wildman–Crippen MR) is 91.7 cm³/mol. The van der Waals surface area contributed by atoms with E-state index >= 15 is 0 Å². The third kappa shape index (κ3) is 4.19. The number of carbonyl (C=O) groups excluding carboxylic acids is 1. The quantitative estimate of drug-likeness (QED) is 0.822. The van der Waals surface area contributed by atoms with Crippen molar-refractivity contribution in [2.75, 3.05) is 7.11 Å². The third-order valence-electron chi connectivity index (χ3n) is 3.34. The van der Waals surface area contributed by atoms with Crippen LogP contribution in [0.4, 0.5) is 0 Å². The Labute approximate surface area is 150 Å². The molecule has 130 valence electrons. The first-order chi connectivity index (χ1) is 11.3. The van der Waals surface area contributed by atoms with Crippen molar-refractivity contribution in [1.82, 2.24) is 15.5 Å². The number of aromatic nitrogens is 2. The fourth-order valence-corrected chi connectivity index (χ4v) is 2.79. The molecule has 24 heavy (non-hydrogen) atoms. The molecule has 1 amide bonds. The first-order valence-corrected chi connectivity index (χ1v) is 8.22. The van der Waals surface area contributed by atoms with E-state index in [9.17, 15) is 4.79 Å². The molecule has 0 fully saturated rings. The molecular formula is C16H19Cl2N3O3. The lowest BCUT2D eigenvalue weighted by molar-refractivity contribution is 0.0921. The summed E-state index contributed by atoms with van der Waals surface area (Å²) in [5.74, 6) is 0.907. The van der Waals surface area contributed by atoms with Gasteiger partial charge < -0.3 is 14.5 Å². The number of benzene rings is 1. The van der Waals surface area contributed by atoms with E-state index in [-0.39, 0.29) is 16.3 Å². The second-order valence-corrected chi connectivity index (χ2v) is 6.57. The summed E-state index contributed by atoms with van der Waals surface area (Å²) in [5.41, 5.74) is 0.177. The van der Waals surface area contributed by atoms with Crippen molar-refractivity contribution >= 4 is 29.1 Å². The van der Waals surface area contributed by atoms with Gasteiger partial charge in [-0.05, 0) is 24.5 Å².